The van der Waals surface area contributed by atoms with E-state index >= 15 is 0 Å². The highest BCUT2D eigenvalue weighted by molar-refractivity contribution is 8.14. The molecule has 3 N–H and O–H groups in total. The van der Waals surface area contributed by atoms with Crippen LogP contribution in [0.15, 0.2) is 23.2 Å². The van der Waals surface area contributed by atoms with E-state index in [1.54, 1.807) is 0 Å². The summed E-state index contributed by atoms with van der Waals surface area (Å²) in [4.78, 5) is 30.8. The smallest absolute Gasteiger partial charge is 0.241 e. The lowest BCUT2D eigenvalue weighted by Gasteiger charge is -2.32. The Labute approximate surface area is 159 Å². The fourth-order valence-electron chi connectivity index (χ4n) is 2.82. The largest absolute Gasteiger partial charge is 0.351 e. The molecular weight excluding hydrogens is 376 g/mol. The molecule has 1 aromatic carbocycles. The Morgan fingerprint density at radius 2 is 2.11 bits per heavy atom. The van der Waals surface area contributed by atoms with Gasteiger partial charge in [0.05, 0.1) is 17.4 Å². The van der Waals surface area contributed by atoms with Crippen LogP contribution >= 0.6 is 11.8 Å². The molecule has 0 saturated carbocycles. The van der Waals surface area contributed by atoms with E-state index in [0.29, 0.717) is 6.54 Å². The average Bonchev–Trinajstić information content (AvgIpc) is 3.03. The van der Waals surface area contributed by atoms with Gasteiger partial charge in [-0.1, -0.05) is 11.8 Å². The van der Waals surface area contributed by atoms with Gasteiger partial charge in [0.2, 0.25) is 11.8 Å². The number of hydrogen-bond donors (Lipinski definition) is 3. The molecule has 2 unspecified atom stereocenters. The van der Waals surface area contributed by atoms with Crippen molar-refractivity contribution in [3.8, 4) is 0 Å². The predicted molar refractivity (Wildman–Crippen MR) is 100 cm³/mol. The summed E-state index contributed by atoms with van der Waals surface area (Å²) in [5, 5.41) is 3.09. The van der Waals surface area contributed by atoms with Crippen LogP contribution in [0.1, 0.15) is 20.8 Å². The van der Waals surface area contributed by atoms with Crippen LogP contribution in [0.5, 0.6) is 0 Å². The van der Waals surface area contributed by atoms with Crippen LogP contribution in [-0.2, 0) is 9.59 Å². The number of amidine groups is 1. The number of hydrazine groups is 1. The fraction of sp³-hybridized carbons (Fsp3) is 0.471. The Morgan fingerprint density at radius 3 is 2.78 bits per heavy atom. The molecule has 146 valence electrons. The summed E-state index contributed by atoms with van der Waals surface area (Å²) in [6, 6.07) is 3.23. The maximum Gasteiger partial charge on any atom is 0.241 e. The van der Waals surface area contributed by atoms with Gasteiger partial charge in [0, 0.05) is 18.2 Å². The highest BCUT2D eigenvalue weighted by Gasteiger charge is 2.42. The summed E-state index contributed by atoms with van der Waals surface area (Å²) in [5.41, 5.74) is 5.57. The van der Waals surface area contributed by atoms with E-state index in [2.05, 4.69) is 21.2 Å². The van der Waals surface area contributed by atoms with Gasteiger partial charge in [-0.3, -0.25) is 19.9 Å². The second kappa shape index (κ2) is 7.53. The zero-order chi connectivity index (χ0) is 19.8. The third-order valence-electron chi connectivity index (χ3n) is 3.94. The number of nitrogens with zero attached hydrogens (tertiary/aromatic N) is 2. The minimum atomic E-state index is -1.06. The SMILES string of the molecule is CC(C)(C)NC(=O)CSC1=NC2NNCC2C(=O)N1c1ccc(F)c(F)c1. The average molecular weight is 397 g/mol. The number of rotatable bonds is 3. The normalized spacial score (nSPS) is 22.5. The van der Waals surface area contributed by atoms with Crippen molar-refractivity contribution in [3.63, 3.8) is 0 Å². The Bertz CT molecular complexity index is 796. The van der Waals surface area contributed by atoms with Crippen molar-refractivity contribution < 1.29 is 18.4 Å². The molecule has 27 heavy (non-hydrogen) atoms. The summed E-state index contributed by atoms with van der Waals surface area (Å²) in [5.74, 6) is -2.99. The van der Waals surface area contributed by atoms with Crippen molar-refractivity contribution in [2.45, 2.75) is 32.5 Å². The Balaban J connectivity index is 1.86. The fourth-order valence-corrected chi connectivity index (χ4v) is 3.66. The minimum Gasteiger partial charge on any atom is -0.351 e. The van der Waals surface area contributed by atoms with Crippen LogP contribution in [0.2, 0.25) is 0 Å². The summed E-state index contributed by atoms with van der Waals surface area (Å²) in [6.45, 7) is 5.96. The zero-order valence-corrected chi connectivity index (χ0v) is 16.0. The third-order valence-corrected chi connectivity index (χ3v) is 4.89. The van der Waals surface area contributed by atoms with Gasteiger partial charge < -0.3 is 5.32 Å². The number of thioether (sulfide) groups is 1. The summed E-state index contributed by atoms with van der Waals surface area (Å²) >= 11 is 1.07. The third kappa shape index (κ3) is 4.45. The molecule has 0 spiro atoms. The number of aliphatic imine (C=N–C) groups is 1. The molecule has 7 nitrogen and oxygen atoms in total. The summed E-state index contributed by atoms with van der Waals surface area (Å²) in [7, 11) is 0. The van der Waals surface area contributed by atoms with Gasteiger partial charge in [0.15, 0.2) is 16.8 Å². The van der Waals surface area contributed by atoms with Crippen molar-refractivity contribution in [3.05, 3.63) is 29.8 Å². The molecule has 2 aliphatic rings. The maximum atomic E-state index is 13.7. The topological polar surface area (TPSA) is 85.8 Å². The van der Waals surface area contributed by atoms with Crippen LogP contribution in [-0.4, -0.2) is 41.0 Å². The second-order valence-corrected chi connectivity index (χ2v) is 8.29. The van der Waals surface area contributed by atoms with Crippen molar-refractivity contribution in [1.82, 2.24) is 16.2 Å². The van der Waals surface area contributed by atoms with E-state index in [1.165, 1.54) is 11.0 Å². The number of fused-ring (bicyclic) bond motifs is 1. The Kier molecular flexibility index (Phi) is 5.50. The maximum absolute atomic E-state index is 13.7. The molecule has 0 aliphatic carbocycles. The van der Waals surface area contributed by atoms with Crippen molar-refractivity contribution in [2.24, 2.45) is 10.9 Å². The molecule has 2 atom stereocenters. The first-order chi connectivity index (χ1) is 12.7. The number of carbonyl (C=O) groups excluding carboxylic acids is 2. The van der Waals surface area contributed by atoms with E-state index in [1.807, 2.05) is 20.8 Å². The lowest BCUT2D eigenvalue weighted by molar-refractivity contribution is -0.122. The molecule has 1 aromatic rings. The Hall–Kier alpha value is -2.04. The van der Waals surface area contributed by atoms with Gasteiger partial charge in [0.25, 0.3) is 0 Å². The minimum absolute atomic E-state index is 0.0361. The van der Waals surface area contributed by atoms with Gasteiger partial charge in [-0.2, -0.15) is 0 Å². The van der Waals surface area contributed by atoms with Crippen LogP contribution < -0.4 is 21.1 Å². The molecular formula is C17H21F2N5O2S. The van der Waals surface area contributed by atoms with Crippen LogP contribution in [0.25, 0.3) is 0 Å². The molecule has 2 aliphatic heterocycles. The molecule has 3 rings (SSSR count). The lowest BCUT2D eigenvalue weighted by Crippen LogP contribution is -2.50. The quantitative estimate of drug-likeness (QED) is 0.717. The van der Waals surface area contributed by atoms with Crippen molar-refractivity contribution in [1.29, 1.82) is 0 Å². The first-order valence-corrected chi connectivity index (χ1v) is 9.43. The molecule has 10 heteroatoms. The Morgan fingerprint density at radius 1 is 1.37 bits per heavy atom. The molecule has 2 heterocycles. The monoisotopic (exact) mass is 397 g/mol. The van der Waals surface area contributed by atoms with Crippen LogP contribution in [0, 0.1) is 17.6 Å². The molecule has 1 fully saturated rings. The lowest BCUT2D eigenvalue weighted by atomic mass is 10.0. The second-order valence-electron chi connectivity index (χ2n) is 7.35. The molecule has 1 saturated heterocycles. The number of carbonyl (C=O) groups is 2. The summed E-state index contributed by atoms with van der Waals surface area (Å²) < 4.78 is 27.0. The molecule has 0 bridgehead atoms. The van der Waals surface area contributed by atoms with Crippen molar-refractivity contribution in [2.75, 3.05) is 17.2 Å². The van der Waals surface area contributed by atoms with Crippen LogP contribution in [0.4, 0.5) is 14.5 Å². The van der Waals surface area contributed by atoms with E-state index in [0.717, 1.165) is 23.9 Å². The van der Waals surface area contributed by atoms with E-state index in [-0.39, 0.29) is 34.0 Å². The van der Waals surface area contributed by atoms with Crippen LogP contribution in [0.3, 0.4) is 0 Å². The van der Waals surface area contributed by atoms with Crippen molar-refractivity contribution >= 4 is 34.4 Å². The van der Waals surface area contributed by atoms with Gasteiger partial charge in [-0.25, -0.2) is 19.2 Å². The highest BCUT2D eigenvalue weighted by Crippen LogP contribution is 2.30. The predicted octanol–water partition coefficient (Wildman–Crippen LogP) is 1.37. The van der Waals surface area contributed by atoms with E-state index < -0.39 is 23.7 Å². The number of halogens is 2. The number of anilines is 1. The first-order valence-electron chi connectivity index (χ1n) is 8.45. The molecule has 2 amide bonds. The zero-order valence-electron chi connectivity index (χ0n) is 15.2. The van der Waals surface area contributed by atoms with E-state index in [4.69, 9.17) is 0 Å². The van der Waals surface area contributed by atoms with Gasteiger partial charge in [-0.05, 0) is 32.9 Å². The highest BCUT2D eigenvalue weighted by atomic mass is 32.2. The van der Waals surface area contributed by atoms with Gasteiger partial charge >= 0.3 is 0 Å². The van der Waals surface area contributed by atoms with Gasteiger partial charge in [0.1, 0.15) is 6.17 Å². The molecule has 0 radical (unpaired) electrons. The first kappa shape index (κ1) is 19.7. The summed E-state index contributed by atoms with van der Waals surface area (Å²) in [6.07, 6.45) is -0.466. The van der Waals surface area contributed by atoms with Gasteiger partial charge in [-0.15, -0.1) is 0 Å². The number of nitrogens with one attached hydrogen (secondary N) is 3. The van der Waals surface area contributed by atoms with E-state index in [9.17, 15) is 18.4 Å². The number of benzene rings is 1. The standard InChI is InChI=1S/C17H21F2N5O2S/c1-17(2,3)22-13(25)8-27-16-21-14-10(7-20-23-14)15(26)24(16)9-4-5-11(18)12(19)6-9/h4-6,10,14,20,23H,7-8H2,1-3H3,(H,22,25). The number of hydrogen-bond acceptors (Lipinski definition) is 6. The molecule has 0 aromatic heterocycles. The number of amides is 2.